The number of alkyl carbamates (subject to hydrolysis) is 1. The van der Waals surface area contributed by atoms with Crippen LogP contribution in [0.3, 0.4) is 0 Å². The summed E-state index contributed by atoms with van der Waals surface area (Å²) in [6.45, 7) is 5.23. The molecule has 1 N–H and O–H groups in total. The zero-order chi connectivity index (χ0) is 24.9. The Kier molecular flexibility index (Phi) is 8.05. The molecule has 0 unspecified atom stereocenters. The first-order valence-corrected chi connectivity index (χ1v) is 12.5. The van der Waals surface area contributed by atoms with Crippen molar-refractivity contribution in [3.05, 3.63) is 47.5 Å². The number of aryl methyl sites for hydroxylation is 1. The molecule has 4 rings (SSSR count). The highest BCUT2D eigenvalue weighted by molar-refractivity contribution is 5.82. The summed E-state index contributed by atoms with van der Waals surface area (Å²) in [7, 11) is 1.33. The highest BCUT2D eigenvalue weighted by Gasteiger charge is 2.41. The fraction of sp³-hybridized carbons (Fsp3) is 0.577. The highest BCUT2D eigenvalue weighted by Crippen LogP contribution is 2.36. The minimum absolute atomic E-state index is 0.0482. The molecule has 35 heavy (non-hydrogen) atoms. The lowest BCUT2D eigenvalue weighted by Crippen LogP contribution is -2.45. The molecule has 2 fully saturated rings. The predicted octanol–water partition coefficient (Wildman–Crippen LogP) is 4.17. The van der Waals surface area contributed by atoms with Gasteiger partial charge in [-0.3, -0.25) is 4.79 Å². The van der Waals surface area contributed by atoms with Crippen molar-refractivity contribution < 1.29 is 23.5 Å². The van der Waals surface area contributed by atoms with Gasteiger partial charge in [-0.25, -0.2) is 13.9 Å². The maximum absolute atomic E-state index is 13.5. The van der Waals surface area contributed by atoms with Crippen molar-refractivity contribution >= 4 is 12.0 Å². The molecule has 0 spiro atoms. The van der Waals surface area contributed by atoms with Gasteiger partial charge in [0.2, 0.25) is 0 Å². The lowest BCUT2D eigenvalue weighted by Gasteiger charge is -2.34. The topological polar surface area (TPSA) is 85.7 Å². The van der Waals surface area contributed by atoms with Gasteiger partial charge < -0.3 is 19.7 Å². The molecule has 1 aromatic carbocycles. The number of amides is 2. The largest absolute Gasteiger partial charge is 0.453 e. The number of carbonyl (C=O) groups excluding carboxylic acids is 2. The number of ether oxygens (including phenoxy) is 2. The SMILES string of the molecule is COC(=O)NCCCc1cc([C@@H](C)N(C(=O)[C@H]2CC[C@@H](C)CO2)C2CC2)nn1-c1ccc(F)cc1. The Morgan fingerprint density at radius 3 is 2.63 bits per heavy atom. The number of rotatable bonds is 9. The van der Waals surface area contributed by atoms with Gasteiger partial charge in [0, 0.05) is 18.3 Å². The molecule has 1 aliphatic heterocycles. The Morgan fingerprint density at radius 2 is 2.00 bits per heavy atom. The van der Waals surface area contributed by atoms with E-state index in [-0.39, 0.29) is 23.8 Å². The van der Waals surface area contributed by atoms with Gasteiger partial charge in [-0.15, -0.1) is 0 Å². The average molecular weight is 487 g/mol. The molecule has 8 nitrogen and oxygen atoms in total. The summed E-state index contributed by atoms with van der Waals surface area (Å²) in [4.78, 5) is 26.8. The summed E-state index contributed by atoms with van der Waals surface area (Å²) in [6, 6.07) is 8.20. The second-order valence-corrected chi connectivity index (χ2v) is 9.63. The first kappa shape index (κ1) is 25.2. The zero-order valence-electron chi connectivity index (χ0n) is 20.7. The van der Waals surface area contributed by atoms with Crippen molar-refractivity contribution in [3.63, 3.8) is 0 Å². The molecule has 2 aliphatic rings. The number of nitrogens with zero attached hydrogens (tertiary/aromatic N) is 3. The Labute approximate surface area is 205 Å². The van der Waals surface area contributed by atoms with Gasteiger partial charge in [0.15, 0.2) is 0 Å². The predicted molar refractivity (Wildman–Crippen MR) is 129 cm³/mol. The van der Waals surface area contributed by atoms with Crippen LogP contribution in [0, 0.1) is 11.7 Å². The molecule has 190 valence electrons. The minimum atomic E-state index is -0.468. The minimum Gasteiger partial charge on any atom is -0.453 e. The number of hydrogen-bond donors (Lipinski definition) is 1. The van der Waals surface area contributed by atoms with Crippen molar-refractivity contribution in [2.24, 2.45) is 5.92 Å². The number of aromatic nitrogens is 2. The summed E-state index contributed by atoms with van der Waals surface area (Å²) in [6.07, 6.45) is 4.18. The summed E-state index contributed by atoms with van der Waals surface area (Å²) in [5.74, 6) is 0.214. The van der Waals surface area contributed by atoms with E-state index in [1.807, 2.05) is 17.9 Å². The molecule has 3 atom stereocenters. The van der Waals surface area contributed by atoms with Crippen LogP contribution in [0.1, 0.15) is 63.4 Å². The third-order valence-corrected chi connectivity index (χ3v) is 6.76. The molecule has 9 heteroatoms. The molecule has 0 radical (unpaired) electrons. The van der Waals surface area contributed by atoms with Gasteiger partial charge in [0.1, 0.15) is 11.9 Å². The standard InChI is InChI=1S/C26H35FN4O4/c1-17-6-13-24(35-16-17)25(32)30(20-11-12-20)18(2)23-15-22(5-4-14-28-26(33)34-3)31(29-23)21-9-7-19(27)8-10-21/h7-10,15,17-18,20,24H,4-6,11-14,16H2,1-3H3,(H,28,33)/t17-,18-,24-/m1/s1. The van der Waals surface area contributed by atoms with Crippen molar-refractivity contribution in [1.29, 1.82) is 0 Å². The summed E-state index contributed by atoms with van der Waals surface area (Å²) < 4.78 is 25.9. The van der Waals surface area contributed by atoms with Crippen molar-refractivity contribution in [2.45, 2.75) is 70.6 Å². The van der Waals surface area contributed by atoms with Gasteiger partial charge in [0.25, 0.3) is 5.91 Å². The number of nitrogens with one attached hydrogen (secondary N) is 1. The summed E-state index contributed by atoms with van der Waals surface area (Å²) in [5, 5.41) is 7.55. The summed E-state index contributed by atoms with van der Waals surface area (Å²) in [5.41, 5.74) is 2.46. The van der Waals surface area contributed by atoms with E-state index in [0.717, 1.165) is 42.8 Å². The third kappa shape index (κ3) is 6.20. The zero-order valence-corrected chi connectivity index (χ0v) is 20.7. The van der Waals surface area contributed by atoms with E-state index in [9.17, 15) is 14.0 Å². The maximum atomic E-state index is 13.5. The first-order chi connectivity index (χ1) is 16.9. The van der Waals surface area contributed by atoms with E-state index >= 15 is 0 Å². The molecule has 0 bridgehead atoms. The molecule has 2 amide bonds. The van der Waals surface area contributed by atoms with Gasteiger partial charge in [-0.1, -0.05) is 6.92 Å². The van der Waals surface area contributed by atoms with Gasteiger partial charge >= 0.3 is 6.09 Å². The third-order valence-electron chi connectivity index (χ3n) is 6.76. The van der Waals surface area contributed by atoms with Crippen LogP contribution >= 0.6 is 0 Å². The molecule has 1 saturated carbocycles. The van der Waals surface area contributed by atoms with Crippen molar-refractivity contribution in [1.82, 2.24) is 20.0 Å². The maximum Gasteiger partial charge on any atom is 0.406 e. The second kappa shape index (κ2) is 11.2. The average Bonchev–Trinajstić information content (AvgIpc) is 3.60. The van der Waals surface area contributed by atoms with Crippen LogP contribution < -0.4 is 5.32 Å². The smallest absolute Gasteiger partial charge is 0.406 e. The van der Waals surface area contributed by atoms with E-state index in [1.165, 1.54) is 19.2 Å². The molecular formula is C26H35FN4O4. The molecule has 1 aliphatic carbocycles. The van der Waals surface area contributed by atoms with Gasteiger partial charge in [-0.2, -0.15) is 5.10 Å². The summed E-state index contributed by atoms with van der Waals surface area (Å²) >= 11 is 0. The Hall–Kier alpha value is -2.94. The van der Waals surface area contributed by atoms with Crippen LogP contribution in [0.2, 0.25) is 0 Å². The van der Waals surface area contributed by atoms with Crippen LogP contribution in [0.15, 0.2) is 30.3 Å². The molecule has 2 aromatic rings. The van der Waals surface area contributed by atoms with Crippen molar-refractivity contribution in [3.8, 4) is 5.69 Å². The molecule has 1 saturated heterocycles. The number of hydrogen-bond acceptors (Lipinski definition) is 5. The lowest BCUT2D eigenvalue weighted by molar-refractivity contribution is -0.151. The van der Waals surface area contributed by atoms with E-state index in [0.29, 0.717) is 31.9 Å². The van der Waals surface area contributed by atoms with Crippen LogP contribution in [0.25, 0.3) is 5.69 Å². The normalized spacial score (nSPS) is 20.8. The Morgan fingerprint density at radius 1 is 1.26 bits per heavy atom. The number of carbonyl (C=O) groups is 2. The van der Waals surface area contributed by atoms with Gasteiger partial charge in [-0.05, 0) is 81.7 Å². The number of halogens is 1. The fourth-order valence-electron chi connectivity index (χ4n) is 4.59. The number of benzene rings is 1. The van der Waals surface area contributed by atoms with Crippen LogP contribution in [-0.4, -0.2) is 59.1 Å². The molecular weight excluding hydrogens is 451 g/mol. The van der Waals surface area contributed by atoms with E-state index in [2.05, 4.69) is 17.0 Å². The van der Waals surface area contributed by atoms with E-state index < -0.39 is 12.2 Å². The molecule has 1 aromatic heterocycles. The van der Waals surface area contributed by atoms with E-state index in [1.54, 1.807) is 16.8 Å². The van der Waals surface area contributed by atoms with Crippen LogP contribution in [0.5, 0.6) is 0 Å². The highest BCUT2D eigenvalue weighted by atomic mass is 19.1. The Balaban J connectivity index is 1.55. The monoisotopic (exact) mass is 486 g/mol. The van der Waals surface area contributed by atoms with Gasteiger partial charge in [0.05, 0.1) is 31.1 Å². The fourth-order valence-corrected chi connectivity index (χ4v) is 4.59. The lowest BCUT2D eigenvalue weighted by atomic mass is 9.99. The quantitative estimate of drug-likeness (QED) is 0.538. The molecule has 2 heterocycles. The van der Waals surface area contributed by atoms with Crippen LogP contribution in [0.4, 0.5) is 9.18 Å². The number of methoxy groups -OCH3 is 1. The van der Waals surface area contributed by atoms with E-state index in [4.69, 9.17) is 9.84 Å². The van der Waals surface area contributed by atoms with Crippen molar-refractivity contribution in [2.75, 3.05) is 20.3 Å². The first-order valence-electron chi connectivity index (χ1n) is 12.5. The second-order valence-electron chi connectivity index (χ2n) is 9.63. The Bertz CT molecular complexity index is 1010. The van der Waals surface area contributed by atoms with Crippen LogP contribution in [-0.2, 0) is 20.7 Å².